The maximum atomic E-state index is 5.36. The van der Waals surface area contributed by atoms with Gasteiger partial charge in [0.2, 0.25) is 0 Å². The molecule has 0 spiro atoms. The Labute approximate surface area is 79.9 Å². The quantitative estimate of drug-likeness (QED) is 0.644. The predicted molar refractivity (Wildman–Crippen MR) is 55.9 cm³/mol. The Hall–Kier alpha value is -0.310. The fourth-order valence-electron chi connectivity index (χ4n) is 1.78. The highest BCUT2D eigenvalue weighted by Crippen LogP contribution is 2.27. The summed E-state index contributed by atoms with van der Waals surface area (Å²) < 4.78 is 0. The smallest absolute Gasteiger partial charge is 0.163 e. The molecule has 0 aliphatic heterocycles. The van der Waals surface area contributed by atoms with E-state index in [0.717, 1.165) is 18.4 Å². The van der Waals surface area contributed by atoms with E-state index in [1.54, 1.807) is 0 Å². The minimum absolute atomic E-state index is 0.439. The molecule has 0 saturated heterocycles. The molecule has 0 aromatic carbocycles. The van der Waals surface area contributed by atoms with Gasteiger partial charge in [0.05, 0.1) is 0 Å². The largest absolute Gasteiger partial charge is 0.376 e. The van der Waals surface area contributed by atoms with E-state index < -0.39 is 0 Å². The highest BCUT2D eigenvalue weighted by molar-refractivity contribution is 7.80. The van der Waals surface area contributed by atoms with Gasteiger partial charge in [-0.25, -0.2) is 0 Å². The van der Waals surface area contributed by atoms with Crippen LogP contribution in [0.4, 0.5) is 0 Å². The van der Waals surface area contributed by atoms with Crippen LogP contribution in [0.1, 0.15) is 32.6 Å². The van der Waals surface area contributed by atoms with Gasteiger partial charge in [-0.3, -0.25) is 0 Å². The highest BCUT2D eigenvalue weighted by Gasteiger charge is 2.17. The maximum Gasteiger partial charge on any atom is 0.163 e. The first kappa shape index (κ1) is 9.78. The molecule has 3 N–H and O–H groups in total. The topological polar surface area (TPSA) is 38.0 Å². The number of hydrogen-bond acceptors (Lipinski definition) is 1. The lowest BCUT2D eigenvalue weighted by molar-refractivity contribution is 0.290. The summed E-state index contributed by atoms with van der Waals surface area (Å²) in [5.41, 5.74) is 5.36. The first-order valence-electron chi connectivity index (χ1n) is 4.71. The van der Waals surface area contributed by atoms with Crippen LogP contribution in [0.5, 0.6) is 0 Å². The summed E-state index contributed by atoms with van der Waals surface area (Å²) in [5, 5.41) is 3.48. The molecule has 0 bridgehead atoms. The average Bonchev–Trinajstić information content (AvgIpc) is 2.03. The van der Waals surface area contributed by atoms with Crippen molar-refractivity contribution in [2.24, 2.45) is 17.6 Å². The third-order valence-corrected chi connectivity index (χ3v) is 2.84. The molecule has 1 aliphatic rings. The Morgan fingerprint density at radius 1 is 1.42 bits per heavy atom. The molecular formula is C9H18N2S. The zero-order valence-corrected chi connectivity index (χ0v) is 8.49. The molecule has 3 heteroatoms. The molecule has 12 heavy (non-hydrogen) atoms. The van der Waals surface area contributed by atoms with Crippen molar-refractivity contribution in [1.82, 2.24) is 5.32 Å². The van der Waals surface area contributed by atoms with Gasteiger partial charge >= 0.3 is 0 Å². The number of hydrogen-bond donors (Lipinski definition) is 2. The summed E-state index contributed by atoms with van der Waals surface area (Å²) in [5.74, 6) is 1.72. The van der Waals surface area contributed by atoms with Crippen molar-refractivity contribution >= 4 is 17.3 Å². The van der Waals surface area contributed by atoms with Crippen LogP contribution in [0.25, 0.3) is 0 Å². The van der Waals surface area contributed by atoms with Crippen LogP contribution in [-0.4, -0.2) is 11.7 Å². The van der Waals surface area contributed by atoms with Crippen molar-refractivity contribution in [3.63, 3.8) is 0 Å². The lowest BCUT2D eigenvalue weighted by Crippen LogP contribution is -2.34. The summed E-state index contributed by atoms with van der Waals surface area (Å²) in [6, 6.07) is 0. The van der Waals surface area contributed by atoms with Gasteiger partial charge in [-0.2, -0.15) is 0 Å². The maximum absolute atomic E-state index is 5.36. The monoisotopic (exact) mass is 186 g/mol. The molecule has 2 nitrogen and oxygen atoms in total. The number of nitrogens with two attached hydrogens (primary N) is 1. The normalized spacial score (nSPS) is 29.8. The first-order chi connectivity index (χ1) is 5.68. The molecule has 0 atom stereocenters. The third-order valence-electron chi connectivity index (χ3n) is 2.70. The Bertz CT molecular complexity index is 151. The number of nitrogens with one attached hydrogen (secondary N) is 1. The zero-order chi connectivity index (χ0) is 8.97. The summed E-state index contributed by atoms with van der Waals surface area (Å²) in [6.45, 7) is 3.30. The fraction of sp³-hybridized carbons (Fsp3) is 0.889. The van der Waals surface area contributed by atoms with E-state index in [2.05, 4.69) is 12.2 Å². The van der Waals surface area contributed by atoms with Crippen LogP contribution in [0, 0.1) is 11.8 Å². The molecule has 1 saturated carbocycles. The van der Waals surface area contributed by atoms with Gasteiger partial charge in [-0.15, -0.1) is 0 Å². The Kier molecular flexibility index (Phi) is 3.79. The van der Waals surface area contributed by atoms with Crippen molar-refractivity contribution in [3.05, 3.63) is 0 Å². The lowest BCUT2D eigenvalue weighted by Gasteiger charge is -2.26. The number of rotatable bonds is 2. The number of thiocarbonyl (C=S) groups is 1. The highest BCUT2D eigenvalue weighted by atomic mass is 32.1. The van der Waals surface area contributed by atoms with Crippen molar-refractivity contribution in [1.29, 1.82) is 0 Å². The van der Waals surface area contributed by atoms with Gasteiger partial charge in [-0.05, 0) is 36.9 Å². The second-order valence-corrected chi connectivity index (χ2v) is 4.31. The molecule has 70 valence electrons. The molecule has 0 aromatic rings. The van der Waals surface area contributed by atoms with Gasteiger partial charge in [-0.1, -0.05) is 19.8 Å². The standard InChI is InChI=1S/C9H18N2S/c1-7-2-4-8(5-3-7)6-11-9(10)12/h7-8H,2-6H2,1H3,(H3,10,11,12). The Morgan fingerprint density at radius 3 is 2.50 bits per heavy atom. The van der Waals surface area contributed by atoms with Crippen molar-refractivity contribution in [3.8, 4) is 0 Å². The molecule has 1 rings (SSSR count). The average molecular weight is 186 g/mol. The lowest BCUT2D eigenvalue weighted by atomic mass is 9.83. The minimum atomic E-state index is 0.439. The van der Waals surface area contributed by atoms with Gasteiger partial charge in [0.1, 0.15) is 0 Å². The van der Waals surface area contributed by atoms with Gasteiger partial charge in [0.15, 0.2) is 5.11 Å². The second-order valence-electron chi connectivity index (χ2n) is 3.87. The minimum Gasteiger partial charge on any atom is -0.376 e. The van der Waals surface area contributed by atoms with E-state index in [1.165, 1.54) is 25.7 Å². The van der Waals surface area contributed by atoms with Gasteiger partial charge < -0.3 is 11.1 Å². The molecule has 1 aliphatic carbocycles. The van der Waals surface area contributed by atoms with Crippen LogP contribution in [-0.2, 0) is 0 Å². The van der Waals surface area contributed by atoms with Gasteiger partial charge in [0.25, 0.3) is 0 Å². The Balaban J connectivity index is 2.13. The molecule has 0 heterocycles. The molecule has 1 fully saturated rings. The van der Waals surface area contributed by atoms with Crippen molar-refractivity contribution in [2.45, 2.75) is 32.6 Å². The van der Waals surface area contributed by atoms with Gasteiger partial charge in [0, 0.05) is 6.54 Å². The van der Waals surface area contributed by atoms with Crippen LogP contribution in [0.3, 0.4) is 0 Å². The summed E-state index contributed by atoms with van der Waals surface area (Å²) in [4.78, 5) is 0. The molecular weight excluding hydrogens is 168 g/mol. The molecule has 0 unspecified atom stereocenters. The van der Waals surface area contributed by atoms with E-state index in [-0.39, 0.29) is 0 Å². The van der Waals surface area contributed by atoms with Crippen LogP contribution < -0.4 is 11.1 Å². The zero-order valence-electron chi connectivity index (χ0n) is 7.68. The third kappa shape index (κ3) is 3.39. The second kappa shape index (κ2) is 4.65. The predicted octanol–water partition coefficient (Wildman–Crippen LogP) is 1.65. The summed E-state index contributed by atoms with van der Waals surface area (Å²) >= 11 is 4.75. The van der Waals surface area contributed by atoms with Crippen molar-refractivity contribution in [2.75, 3.05) is 6.54 Å². The van der Waals surface area contributed by atoms with E-state index in [9.17, 15) is 0 Å². The van der Waals surface area contributed by atoms with E-state index >= 15 is 0 Å². The van der Waals surface area contributed by atoms with E-state index in [4.69, 9.17) is 18.0 Å². The summed E-state index contributed by atoms with van der Waals surface area (Å²) in [6.07, 6.45) is 5.39. The fourth-order valence-corrected chi connectivity index (χ4v) is 1.86. The van der Waals surface area contributed by atoms with Crippen LogP contribution in [0.2, 0.25) is 0 Å². The first-order valence-corrected chi connectivity index (χ1v) is 5.12. The Morgan fingerprint density at radius 2 is 2.00 bits per heavy atom. The van der Waals surface area contributed by atoms with Crippen LogP contribution >= 0.6 is 12.2 Å². The van der Waals surface area contributed by atoms with E-state index in [0.29, 0.717) is 5.11 Å². The van der Waals surface area contributed by atoms with Crippen molar-refractivity contribution < 1.29 is 0 Å². The molecule has 0 amide bonds. The van der Waals surface area contributed by atoms with E-state index in [1.807, 2.05) is 0 Å². The SMILES string of the molecule is CC1CCC(CNC(N)=S)CC1. The molecule has 0 radical (unpaired) electrons. The summed E-state index contributed by atoms with van der Waals surface area (Å²) in [7, 11) is 0. The molecule has 0 aromatic heterocycles. The van der Waals surface area contributed by atoms with Crippen LogP contribution in [0.15, 0.2) is 0 Å².